The molecule has 3 nitrogen and oxygen atoms in total. The van der Waals surface area contributed by atoms with Gasteiger partial charge in [0.15, 0.2) is 0 Å². The second-order valence-electron chi connectivity index (χ2n) is 7.71. The summed E-state index contributed by atoms with van der Waals surface area (Å²) in [4.78, 5) is 13.7. The number of rotatable bonds is 6. The number of carbonyl (C=O) groups excluding carboxylic acids is 1. The minimum Gasteiger partial charge on any atom is -0.492 e. The molecule has 0 radical (unpaired) electrons. The Labute approximate surface area is 140 Å². The Morgan fingerprint density at radius 2 is 1.96 bits per heavy atom. The van der Waals surface area contributed by atoms with Gasteiger partial charge >= 0.3 is 0 Å². The first kappa shape index (κ1) is 16.5. The molecule has 3 heteroatoms. The van der Waals surface area contributed by atoms with Crippen LogP contribution in [0.5, 0.6) is 0 Å². The molecule has 1 saturated carbocycles. The summed E-state index contributed by atoms with van der Waals surface area (Å²) in [6.07, 6.45) is 9.78. The Hall–Kier alpha value is -1.31. The molecule has 0 bridgehead atoms. The van der Waals surface area contributed by atoms with Gasteiger partial charge < -0.3 is 9.64 Å². The van der Waals surface area contributed by atoms with Crippen molar-refractivity contribution in [3.8, 4) is 0 Å². The van der Waals surface area contributed by atoms with Crippen LogP contribution in [0.1, 0.15) is 46.0 Å². The van der Waals surface area contributed by atoms with Crippen LogP contribution in [0.15, 0.2) is 29.1 Å². The molecule has 0 spiro atoms. The Morgan fingerprint density at radius 1 is 1.22 bits per heavy atom. The van der Waals surface area contributed by atoms with Crippen molar-refractivity contribution in [3.05, 3.63) is 29.1 Å². The summed E-state index contributed by atoms with van der Waals surface area (Å²) in [6.45, 7) is 8.88. The van der Waals surface area contributed by atoms with Gasteiger partial charge in [0.25, 0.3) is 0 Å². The van der Waals surface area contributed by atoms with Crippen LogP contribution in [-0.4, -0.2) is 37.1 Å². The van der Waals surface area contributed by atoms with Crippen LogP contribution in [0.4, 0.5) is 0 Å². The molecular weight excluding hydrogens is 286 g/mol. The van der Waals surface area contributed by atoms with Gasteiger partial charge in [-0.15, -0.1) is 0 Å². The lowest BCUT2D eigenvalue weighted by atomic mass is 9.92. The number of likely N-dealkylation sites (tertiary alicyclic amines) is 1. The van der Waals surface area contributed by atoms with Crippen LogP contribution in [-0.2, 0) is 9.53 Å². The number of hydrogen-bond acceptors (Lipinski definition) is 3. The lowest BCUT2D eigenvalue weighted by molar-refractivity contribution is 0.124. The fraction of sp³-hybridized carbons (Fsp3) is 0.700. The van der Waals surface area contributed by atoms with Crippen molar-refractivity contribution in [3.63, 3.8) is 0 Å². The molecule has 0 aromatic rings. The van der Waals surface area contributed by atoms with Crippen molar-refractivity contribution in [1.82, 2.24) is 4.90 Å². The molecule has 1 saturated heterocycles. The summed E-state index contributed by atoms with van der Waals surface area (Å²) >= 11 is 0. The monoisotopic (exact) mass is 315 g/mol. The molecule has 1 heterocycles. The maximum Gasteiger partial charge on any atom is 0.133 e. The molecule has 3 rings (SSSR count). The van der Waals surface area contributed by atoms with Crippen molar-refractivity contribution in [2.75, 3.05) is 26.2 Å². The van der Waals surface area contributed by atoms with Gasteiger partial charge in [0.1, 0.15) is 11.7 Å². The Morgan fingerprint density at radius 3 is 2.61 bits per heavy atom. The molecule has 0 aromatic heterocycles. The van der Waals surface area contributed by atoms with Crippen LogP contribution in [0, 0.1) is 17.8 Å². The highest BCUT2D eigenvalue weighted by Crippen LogP contribution is 2.41. The predicted octanol–water partition coefficient (Wildman–Crippen LogP) is 3.75. The van der Waals surface area contributed by atoms with Gasteiger partial charge in [0.2, 0.25) is 0 Å². The van der Waals surface area contributed by atoms with E-state index in [0.717, 1.165) is 37.0 Å². The van der Waals surface area contributed by atoms with E-state index in [4.69, 9.17) is 4.74 Å². The zero-order chi connectivity index (χ0) is 16.2. The van der Waals surface area contributed by atoms with E-state index in [1.165, 1.54) is 37.9 Å². The third-order valence-electron chi connectivity index (χ3n) is 5.17. The molecule has 0 amide bonds. The van der Waals surface area contributed by atoms with Crippen molar-refractivity contribution in [2.24, 2.45) is 17.8 Å². The van der Waals surface area contributed by atoms with Crippen LogP contribution in [0.2, 0.25) is 0 Å². The molecule has 2 aliphatic carbocycles. The fourth-order valence-corrected chi connectivity index (χ4v) is 4.03. The van der Waals surface area contributed by atoms with Gasteiger partial charge in [-0.25, -0.2) is 4.79 Å². The average molecular weight is 315 g/mol. The summed E-state index contributed by atoms with van der Waals surface area (Å²) in [5, 5.41) is 0. The maximum absolute atomic E-state index is 11.2. The van der Waals surface area contributed by atoms with Gasteiger partial charge in [-0.05, 0) is 49.5 Å². The SMILES string of the molecule is C[C@@H]1C[C@@H](C)CN(CCCOC2=CC=C(C3CC3)CC2=C=O)C1. The van der Waals surface area contributed by atoms with Crippen molar-refractivity contribution in [1.29, 1.82) is 0 Å². The summed E-state index contributed by atoms with van der Waals surface area (Å²) in [5.74, 6) is 5.14. The molecule has 0 unspecified atom stereocenters. The molecule has 1 aliphatic heterocycles. The van der Waals surface area contributed by atoms with Gasteiger partial charge in [0.05, 0.1) is 12.2 Å². The number of ether oxygens (including phenoxy) is 1. The Balaban J connectivity index is 1.44. The number of piperidine rings is 1. The zero-order valence-corrected chi connectivity index (χ0v) is 14.5. The van der Waals surface area contributed by atoms with E-state index in [1.807, 2.05) is 6.08 Å². The summed E-state index contributed by atoms with van der Waals surface area (Å²) in [7, 11) is 0. The quantitative estimate of drug-likeness (QED) is 0.552. The van der Waals surface area contributed by atoms with E-state index in [2.05, 4.69) is 30.8 Å². The van der Waals surface area contributed by atoms with Crippen molar-refractivity contribution >= 4 is 5.94 Å². The average Bonchev–Trinajstić information content (AvgIpc) is 3.35. The minimum atomic E-state index is 0.683. The topological polar surface area (TPSA) is 29.5 Å². The molecule has 23 heavy (non-hydrogen) atoms. The van der Waals surface area contributed by atoms with E-state index < -0.39 is 0 Å². The Bertz CT molecular complexity index is 528. The number of hydrogen-bond donors (Lipinski definition) is 0. The zero-order valence-electron chi connectivity index (χ0n) is 14.5. The molecule has 0 N–H and O–H groups in total. The summed E-state index contributed by atoms with van der Waals surface area (Å²) < 4.78 is 5.87. The third-order valence-corrected chi connectivity index (χ3v) is 5.17. The van der Waals surface area contributed by atoms with Crippen molar-refractivity contribution < 1.29 is 9.53 Å². The van der Waals surface area contributed by atoms with E-state index in [0.29, 0.717) is 18.1 Å². The van der Waals surface area contributed by atoms with E-state index in [9.17, 15) is 4.79 Å². The van der Waals surface area contributed by atoms with E-state index in [1.54, 1.807) is 0 Å². The first-order chi connectivity index (χ1) is 11.2. The molecular formula is C20H29NO2. The highest BCUT2D eigenvalue weighted by molar-refractivity contribution is 5.62. The summed E-state index contributed by atoms with van der Waals surface area (Å²) in [6, 6.07) is 0. The van der Waals surface area contributed by atoms with Crippen molar-refractivity contribution in [2.45, 2.75) is 46.0 Å². The fourth-order valence-electron chi connectivity index (χ4n) is 4.03. The number of allylic oxidation sites excluding steroid dienone is 4. The first-order valence-corrected chi connectivity index (χ1v) is 9.16. The van der Waals surface area contributed by atoms with Gasteiger partial charge in [-0.2, -0.15) is 0 Å². The minimum absolute atomic E-state index is 0.683. The third kappa shape index (κ3) is 4.59. The lowest BCUT2D eigenvalue weighted by Crippen LogP contribution is -2.39. The van der Waals surface area contributed by atoms with Crippen LogP contribution >= 0.6 is 0 Å². The normalized spacial score (nSPS) is 28.9. The van der Waals surface area contributed by atoms with Gasteiger partial charge in [-0.3, -0.25) is 0 Å². The molecule has 0 aromatic carbocycles. The second-order valence-corrected chi connectivity index (χ2v) is 7.71. The molecule has 3 aliphatic rings. The van der Waals surface area contributed by atoms with E-state index in [-0.39, 0.29) is 0 Å². The van der Waals surface area contributed by atoms with Crippen LogP contribution in [0.25, 0.3) is 0 Å². The highest BCUT2D eigenvalue weighted by Gasteiger charge is 2.29. The second kappa shape index (κ2) is 7.51. The molecule has 2 atom stereocenters. The maximum atomic E-state index is 11.2. The smallest absolute Gasteiger partial charge is 0.133 e. The Kier molecular flexibility index (Phi) is 5.40. The van der Waals surface area contributed by atoms with E-state index >= 15 is 0 Å². The highest BCUT2D eigenvalue weighted by atomic mass is 16.5. The first-order valence-electron chi connectivity index (χ1n) is 9.16. The lowest BCUT2D eigenvalue weighted by Gasteiger charge is -2.34. The number of nitrogens with zero attached hydrogens (tertiary/aromatic N) is 1. The predicted molar refractivity (Wildman–Crippen MR) is 92.7 cm³/mol. The van der Waals surface area contributed by atoms with Gasteiger partial charge in [-0.1, -0.05) is 25.5 Å². The van der Waals surface area contributed by atoms with Gasteiger partial charge in [0, 0.05) is 26.1 Å². The largest absolute Gasteiger partial charge is 0.492 e. The van der Waals surface area contributed by atoms with Crippen LogP contribution < -0.4 is 0 Å². The molecule has 126 valence electrons. The standard InChI is InChI=1S/C20H29NO2/c1-15-10-16(2)13-21(12-15)8-3-9-23-20-7-6-18(17-4-5-17)11-19(20)14-22/h6-7,15-17H,3-5,8-13H2,1-2H3/t15-,16-/m1/s1. The molecule has 2 fully saturated rings. The summed E-state index contributed by atoms with van der Waals surface area (Å²) in [5.41, 5.74) is 2.08. The van der Waals surface area contributed by atoms with Crippen LogP contribution in [0.3, 0.4) is 0 Å².